The van der Waals surface area contributed by atoms with Crippen molar-refractivity contribution in [3.05, 3.63) is 22.8 Å². The lowest BCUT2D eigenvalue weighted by Crippen LogP contribution is -2.45. The molecule has 1 saturated heterocycles. The highest BCUT2D eigenvalue weighted by Gasteiger charge is 2.23. The van der Waals surface area contributed by atoms with Crippen LogP contribution in [0.5, 0.6) is 0 Å². The molecule has 1 aromatic heterocycles. The molecule has 106 valence electrons. The molecule has 5 nitrogen and oxygen atoms in total. The summed E-state index contributed by atoms with van der Waals surface area (Å²) in [5, 5.41) is 0. The van der Waals surface area contributed by atoms with Crippen molar-refractivity contribution in [2.45, 2.75) is 25.8 Å². The molecule has 1 aliphatic rings. The Morgan fingerprint density at radius 1 is 1.47 bits per heavy atom. The van der Waals surface area contributed by atoms with Crippen molar-refractivity contribution in [2.24, 2.45) is 0 Å². The molecule has 2 rings (SSSR count). The Balaban J connectivity index is 1.93. The lowest BCUT2D eigenvalue weighted by Gasteiger charge is -2.33. The van der Waals surface area contributed by atoms with Gasteiger partial charge in [-0.2, -0.15) is 0 Å². The SMILES string of the molecule is CCS(=O)(=O)NC1CCN(c2cc(Br)ccn2)CC1. The molecule has 0 bridgehead atoms. The summed E-state index contributed by atoms with van der Waals surface area (Å²) in [6.07, 6.45) is 3.39. The number of hydrogen-bond acceptors (Lipinski definition) is 4. The molecule has 19 heavy (non-hydrogen) atoms. The first kappa shape index (κ1) is 14.7. The fraction of sp³-hybridized carbons (Fsp3) is 0.583. The van der Waals surface area contributed by atoms with E-state index in [0.29, 0.717) is 0 Å². The van der Waals surface area contributed by atoms with Gasteiger partial charge >= 0.3 is 0 Å². The summed E-state index contributed by atoms with van der Waals surface area (Å²) in [5.41, 5.74) is 0. The molecule has 0 saturated carbocycles. The minimum Gasteiger partial charge on any atom is -0.356 e. The lowest BCUT2D eigenvalue weighted by atomic mass is 10.1. The zero-order valence-electron chi connectivity index (χ0n) is 10.8. The zero-order valence-corrected chi connectivity index (χ0v) is 13.2. The number of rotatable bonds is 4. The predicted molar refractivity (Wildman–Crippen MR) is 79.8 cm³/mol. The van der Waals surface area contributed by atoms with Gasteiger partial charge in [0.2, 0.25) is 10.0 Å². The Kier molecular flexibility index (Phi) is 4.81. The molecule has 0 atom stereocenters. The van der Waals surface area contributed by atoms with Gasteiger partial charge in [-0.3, -0.25) is 0 Å². The standard InChI is InChI=1S/C12H18BrN3O2S/c1-2-19(17,18)15-11-4-7-16(8-5-11)12-9-10(13)3-6-14-12/h3,6,9,11,15H,2,4-5,7-8H2,1H3. The van der Waals surface area contributed by atoms with E-state index in [9.17, 15) is 8.42 Å². The monoisotopic (exact) mass is 347 g/mol. The molecule has 1 fully saturated rings. The highest BCUT2D eigenvalue weighted by molar-refractivity contribution is 9.10. The topological polar surface area (TPSA) is 62.3 Å². The first-order valence-electron chi connectivity index (χ1n) is 6.36. The van der Waals surface area contributed by atoms with Crippen LogP contribution in [0.25, 0.3) is 0 Å². The van der Waals surface area contributed by atoms with Crippen molar-refractivity contribution in [3.63, 3.8) is 0 Å². The molecular weight excluding hydrogens is 330 g/mol. The minimum absolute atomic E-state index is 0.0494. The van der Waals surface area contributed by atoms with Gasteiger partial charge in [0, 0.05) is 29.8 Å². The van der Waals surface area contributed by atoms with Gasteiger partial charge in [-0.1, -0.05) is 15.9 Å². The number of nitrogens with one attached hydrogen (secondary N) is 1. The molecule has 0 spiro atoms. The van der Waals surface area contributed by atoms with Crippen molar-refractivity contribution in [1.29, 1.82) is 0 Å². The van der Waals surface area contributed by atoms with Crippen molar-refractivity contribution in [3.8, 4) is 0 Å². The lowest BCUT2D eigenvalue weighted by molar-refractivity contribution is 0.458. The number of anilines is 1. The van der Waals surface area contributed by atoms with Crippen LogP contribution in [-0.4, -0.2) is 38.3 Å². The van der Waals surface area contributed by atoms with Crippen LogP contribution in [0.1, 0.15) is 19.8 Å². The summed E-state index contributed by atoms with van der Waals surface area (Å²) in [4.78, 5) is 6.52. The van der Waals surface area contributed by atoms with Crippen LogP contribution in [0.2, 0.25) is 0 Å². The van der Waals surface area contributed by atoms with E-state index in [1.807, 2.05) is 12.1 Å². The minimum atomic E-state index is -3.10. The molecule has 7 heteroatoms. The largest absolute Gasteiger partial charge is 0.356 e. The molecule has 0 amide bonds. The molecule has 1 N–H and O–H groups in total. The molecule has 1 aliphatic heterocycles. The van der Waals surface area contributed by atoms with Gasteiger partial charge in [-0.05, 0) is 31.9 Å². The average molecular weight is 348 g/mol. The number of halogens is 1. The summed E-state index contributed by atoms with van der Waals surface area (Å²) in [5.74, 6) is 1.08. The summed E-state index contributed by atoms with van der Waals surface area (Å²) < 4.78 is 26.8. The van der Waals surface area contributed by atoms with E-state index >= 15 is 0 Å². The maximum Gasteiger partial charge on any atom is 0.211 e. The molecule has 1 aromatic rings. The summed E-state index contributed by atoms with van der Waals surface area (Å²) in [6, 6.07) is 3.93. The number of nitrogens with zero attached hydrogens (tertiary/aromatic N) is 2. The third-order valence-corrected chi connectivity index (χ3v) is 5.20. The van der Waals surface area contributed by atoms with E-state index in [-0.39, 0.29) is 11.8 Å². The van der Waals surface area contributed by atoms with Gasteiger partial charge < -0.3 is 4.90 Å². The van der Waals surface area contributed by atoms with Crippen LogP contribution in [0.15, 0.2) is 22.8 Å². The smallest absolute Gasteiger partial charge is 0.211 e. The van der Waals surface area contributed by atoms with E-state index < -0.39 is 10.0 Å². The van der Waals surface area contributed by atoms with Crippen LogP contribution in [0, 0.1) is 0 Å². The second-order valence-electron chi connectivity index (χ2n) is 4.61. The fourth-order valence-corrected chi connectivity index (χ4v) is 3.36. The van der Waals surface area contributed by atoms with Gasteiger partial charge in [0.15, 0.2) is 0 Å². The highest BCUT2D eigenvalue weighted by atomic mass is 79.9. The van der Waals surface area contributed by atoms with E-state index in [1.54, 1.807) is 13.1 Å². The Labute approximate surface area is 122 Å². The van der Waals surface area contributed by atoms with E-state index in [4.69, 9.17) is 0 Å². The van der Waals surface area contributed by atoms with Crippen LogP contribution >= 0.6 is 15.9 Å². The summed E-state index contributed by atoms with van der Waals surface area (Å²) in [6.45, 7) is 3.30. The van der Waals surface area contributed by atoms with Gasteiger partial charge in [-0.25, -0.2) is 18.1 Å². The highest BCUT2D eigenvalue weighted by Crippen LogP contribution is 2.21. The number of sulfonamides is 1. The Hall–Kier alpha value is -0.660. The number of aromatic nitrogens is 1. The fourth-order valence-electron chi connectivity index (χ4n) is 2.13. The number of piperidine rings is 1. The predicted octanol–water partition coefficient (Wildman–Crippen LogP) is 1.75. The maximum atomic E-state index is 11.5. The Morgan fingerprint density at radius 3 is 2.74 bits per heavy atom. The van der Waals surface area contributed by atoms with E-state index in [2.05, 4.69) is 30.5 Å². The van der Waals surface area contributed by atoms with Crippen LogP contribution in [0.3, 0.4) is 0 Å². The number of hydrogen-bond donors (Lipinski definition) is 1. The van der Waals surface area contributed by atoms with Crippen molar-refractivity contribution >= 4 is 31.8 Å². The number of pyridine rings is 1. The summed E-state index contributed by atoms with van der Waals surface area (Å²) >= 11 is 3.43. The van der Waals surface area contributed by atoms with Crippen molar-refractivity contribution in [1.82, 2.24) is 9.71 Å². The van der Waals surface area contributed by atoms with Crippen molar-refractivity contribution in [2.75, 3.05) is 23.7 Å². The van der Waals surface area contributed by atoms with Crippen LogP contribution < -0.4 is 9.62 Å². The van der Waals surface area contributed by atoms with E-state index in [1.165, 1.54) is 0 Å². The average Bonchev–Trinajstić information content (AvgIpc) is 2.39. The van der Waals surface area contributed by atoms with Crippen LogP contribution in [0.4, 0.5) is 5.82 Å². The van der Waals surface area contributed by atoms with Gasteiger partial charge in [0.05, 0.1) is 5.75 Å². The van der Waals surface area contributed by atoms with Gasteiger partial charge in [-0.15, -0.1) is 0 Å². The van der Waals surface area contributed by atoms with E-state index in [0.717, 1.165) is 36.2 Å². The molecule has 0 radical (unpaired) electrons. The second-order valence-corrected chi connectivity index (χ2v) is 7.57. The molecular formula is C12H18BrN3O2S. The normalized spacial score (nSPS) is 17.7. The third-order valence-electron chi connectivity index (χ3n) is 3.25. The first-order valence-corrected chi connectivity index (χ1v) is 8.81. The van der Waals surface area contributed by atoms with Crippen molar-refractivity contribution < 1.29 is 8.42 Å². The Morgan fingerprint density at radius 2 is 2.16 bits per heavy atom. The Bertz CT molecular complexity index is 528. The molecule has 0 unspecified atom stereocenters. The molecule has 0 aliphatic carbocycles. The van der Waals surface area contributed by atoms with Crippen LogP contribution in [-0.2, 0) is 10.0 Å². The molecule has 0 aromatic carbocycles. The van der Waals surface area contributed by atoms with Gasteiger partial charge in [0.25, 0.3) is 0 Å². The maximum absolute atomic E-state index is 11.5. The quantitative estimate of drug-likeness (QED) is 0.901. The third kappa shape index (κ3) is 4.15. The van der Waals surface area contributed by atoms with Gasteiger partial charge in [0.1, 0.15) is 5.82 Å². The first-order chi connectivity index (χ1) is 9.00. The second kappa shape index (κ2) is 6.19. The summed E-state index contributed by atoms with van der Waals surface area (Å²) in [7, 11) is -3.10. The molecule has 2 heterocycles. The zero-order chi connectivity index (χ0) is 13.9.